The van der Waals surface area contributed by atoms with Gasteiger partial charge in [0.2, 0.25) is 0 Å². The fourth-order valence-corrected chi connectivity index (χ4v) is 3.64. The molecule has 1 heterocycles. The van der Waals surface area contributed by atoms with E-state index in [2.05, 4.69) is 33.9 Å². The van der Waals surface area contributed by atoms with Crippen LogP contribution in [0.2, 0.25) is 25.0 Å². The zero-order chi connectivity index (χ0) is 15.7. The minimum atomic E-state index is -1.87. The molecule has 0 spiro atoms. The third-order valence-corrected chi connectivity index (χ3v) is 9.06. The van der Waals surface area contributed by atoms with E-state index in [0.717, 1.165) is 0 Å². The van der Waals surface area contributed by atoms with E-state index in [9.17, 15) is 9.82 Å². The van der Waals surface area contributed by atoms with Gasteiger partial charge in [0.1, 0.15) is 6.04 Å². The Hall–Kier alpha value is -0.368. The number of carbonyl (C=O) groups is 1. The quantitative estimate of drug-likeness (QED) is 0.633. The first-order valence-electron chi connectivity index (χ1n) is 7.19. The second kappa shape index (κ2) is 6.17. The first kappa shape index (κ1) is 17.7. The van der Waals surface area contributed by atoms with E-state index in [1.54, 1.807) is 11.6 Å². The zero-order valence-corrected chi connectivity index (χ0v) is 14.8. The maximum Gasteiger partial charge on any atom is 0.377 e. The SMILES string of the molecule is COC(=O)[C@H]1C[C@H](O[Si](C)(C)C(C)(C)C)CN1B(C)O. The highest BCUT2D eigenvalue weighted by atomic mass is 28.4. The van der Waals surface area contributed by atoms with Crippen LogP contribution < -0.4 is 0 Å². The molecule has 0 aromatic carbocycles. The zero-order valence-electron chi connectivity index (χ0n) is 13.8. The smallest absolute Gasteiger partial charge is 0.377 e. The van der Waals surface area contributed by atoms with Gasteiger partial charge >= 0.3 is 13.0 Å². The Bertz CT molecular complexity index is 357. The lowest BCUT2D eigenvalue weighted by Gasteiger charge is -2.38. The van der Waals surface area contributed by atoms with E-state index in [0.29, 0.717) is 13.0 Å². The molecule has 0 amide bonds. The molecule has 7 heteroatoms. The fourth-order valence-electron chi connectivity index (χ4n) is 2.28. The lowest BCUT2D eigenvalue weighted by Crippen LogP contribution is -2.46. The standard InChI is InChI=1S/C13H28BNO4Si/c1-13(2,3)20(6,7)19-10-8-11(12(16)18-5)15(9-10)14(4)17/h10-11,17H,8-9H2,1-7H3/t10-,11+/m0/s1. The van der Waals surface area contributed by atoms with Crippen LogP contribution in [-0.2, 0) is 14.0 Å². The number of ether oxygens (including phenoxy) is 1. The van der Waals surface area contributed by atoms with E-state index < -0.39 is 21.4 Å². The minimum Gasteiger partial charge on any atom is -0.468 e. The Kier molecular flexibility index (Phi) is 5.46. The molecule has 0 bridgehead atoms. The number of hydrogen-bond donors (Lipinski definition) is 1. The van der Waals surface area contributed by atoms with Crippen LogP contribution in [-0.4, -0.2) is 57.0 Å². The number of methoxy groups -OCH3 is 1. The summed E-state index contributed by atoms with van der Waals surface area (Å²) in [5, 5.41) is 9.95. The molecule has 5 nitrogen and oxygen atoms in total. The van der Waals surface area contributed by atoms with E-state index in [-0.39, 0.29) is 17.1 Å². The highest BCUT2D eigenvalue weighted by molar-refractivity contribution is 6.74. The third-order valence-electron chi connectivity index (χ3n) is 4.52. The molecule has 1 N–H and O–H groups in total. The molecule has 116 valence electrons. The summed E-state index contributed by atoms with van der Waals surface area (Å²) in [6, 6.07) is -0.408. The van der Waals surface area contributed by atoms with Crippen LogP contribution in [0.3, 0.4) is 0 Å². The second-order valence-electron chi connectivity index (χ2n) is 7.10. The van der Waals surface area contributed by atoms with Gasteiger partial charge in [-0.25, -0.2) is 0 Å². The minimum absolute atomic E-state index is 0.0189. The molecule has 1 aliphatic rings. The number of nitrogens with zero attached hydrogens (tertiary/aromatic N) is 1. The van der Waals surface area contributed by atoms with Crippen LogP contribution in [0.1, 0.15) is 27.2 Å². The van der Waals surface area contributed by atoms with E-state index >= 15 is 0 Å². The maximum absolute atomic E-state index is 11.8. The Balaban J connectivity index is 2.79. The summed E-state index contributed by atoms with van der Waals surface area (Å²) < 4.78 is 11.2. The Morgan fingerprint density at radius 3 is 2.35 bits per heavy atom. The maximum atomic E-state index is 11.8. The molecule has 0 saturated carbocycles. The predicted molar refractivity (Wildman–Crippen MR) is 83.0 cm³/mol. The van der Waals surface area contributed by atoms with Crippen LogP contribution in [0.4, 0.5) is 0 Å². The predicted octanol–water partition coefficient (Wildman–Crippen LogP) is 1.73. The molecule has 0 unspecified atom stereocenters. The lowest BCUT2D eigenvalue weighted by molar-refractivity contribution is -0.144. The molecule has 0 radical (unpaired) electrons. The molecule has 20 heavy (non-hydrogen) atoms. The van der Waals surface area contributed by atoms with Crippen molar-refractivity contribution in [3.63, 3.8) is 0 Å². The summed E-state index contributed by atoms with van der Waals surface area (Å²) in [5.41, 5.74) is 0. The molecule has 1 saturated heterocycles. The average Bonchev–Trinajstić information content (AvgIpc) is 2.69. The summed E-state index contributed by atoms with van der Waals surface area (Å²) in [4.78, 5) is 13.6. The number of esters is 1. The highest BCUT2D eigenvalue weighted by Crippen LogP contribution is 2.39. The van der Waals surface area contributed by atoms with Gasteiger partial charge in [0.15, 0.2) is 8.32 Å². The Morgan fingerprint density at radius 2 is 1.95 bits per heavy atom. The van der Waals surface area contributed by atoms with Gasteiger partial charge in [-0.05, 0) is 31.4 Å². The average molecular weight is 301 g/mol. The fraction of sp³-hybridized carbons (Fsp3) is 0.923. The van der Waals surface area contributed by atoms with Crippen LogP contribution in [0, 0.1) is 0 Å². The molecular weight excluding hydrogens is 273 g/mol. The largest absolute Gasteiger partial charge is 0.468 e. The van der Waals surface area contributed by atoms with Crippen molar-refractivity contribution in [3.05, 3.63) is 0 Å². The molecule has 1 aliphatic heterocycles. The Morgan fingerprint density at radius 1 is 1.40 bits per heavy atom. The van der Waals surface area contributed by atoms with Gasteiger partial charge in [-0.2, -0.15) is 0 Å². The highest BCUT2D eigenvalue weighted by Gasteiger charge is 2.45. The van der Waals surface area contributed by atoms with Gasteiger partial charge in [-0.3, -0.25) is 4.79 Å². The van der Waals surface area contributed by atoms with Crippen LogP contribution in [0.25, 0.3) is 0 Å². The van der Waals surface area contributed by atoms with E-state index in [4.69, 9.17) is 9.16 Å². The molecular formula is C13H28BNO4Si. The number of hydrogen-bond acceptors (Lipinski definition) is 5. The third kappa shape index (κ3) is 3.84. The van der Waals surface area contributed by atoms with Crippen LogP contribution >= 0.6 is 0 Å². The first-order valence-corrected chi connectivity index (χ1v) is 10.1. The van der Waals surface area contributed by atoms with Gasteiger partial charge in [-0.1, -0.05) is 20.8 Å². The summed E-state index contributed by atoms with van der Waals surface area (Å²) in [6.45, 7) is 13.2. The van der Waals surface area contributed by atoms with Gasteiger partial charge in [-0.15, -0.1) is 0 Å². The van der Waals surface area contributed by atoms with E-state index in [1.807, 2.05) is 0 Å². The van der Waals surface area contributed by atoms with Gasteiger partial charge in [0, 0.05) is 6.54 Å². The topological polar surface area (TPSA) is 59.0 Å². The van der Waals surface area contributed by atoms with Crippen molar-refractivity contribution < 1.29 is 19.0 Å². The van der Waals surface area contributed by atoms with Crippen molar-refractivity contribution in [2.75, 3.05) is 13.7 Å². The van der Waals surface area contributed by atoms with Crippen molar-refractivity contribution in [1.82, 2.24) is 4.81 Å². The van der Waals surface area contributed by atoms with Crippen LogP contribution in [0.15, 0.2) is 0 Å². The molecule has 0 aromatic heterocycles. The van der Waals surface area contributed by atoms with Crippen LogP contribution in [0.5, 0.6) is 0 Å². The van der Waals surface area contributed by atoms with Gasteiger partial charge < -0.3 is 19.0 Å². The van der Waals surface area contributed by atoms with Crippen molar-refractivity contribution >= 4 is 21.3 Å². The van der Waals surface area contributed by atoms with Crippen molar-refractivity contribution in [3.8, 4) is 0 Å². The molecule has 1 fully saturated rings. The monoisotopic (exact) mass is 301 g/mol. The number of carbonyl (C=O) groups excluding carboxylic acids is 1. The molecule has 0 aromatic rings. The van der Waals surface area contributed by atoms with E-state index in [1.165, 1.54) is 7.11 Å². The molecule has 1 rings (SSSR count). The first-order chi connectivity index (χ1) is 8.99. The number of rotatable bonds is 4. The van der Waals surface area contributed by atoms with Crippen molar-refractivity contribution in [1.29, 1.82) is 0 Å². The summed E-state index contributed by atoms with van der Waals surface area (Å²) in [7, 11) is -1.16. The molecule has 2 atom stereocenters. The van der Waals surface area contributed by atoms with Crippen molar-refractivity contribution in [2.45, 2.75) is 64.3 Å². The Labute approximate surface area is 123 Å². The van der Waals surface area contributed by atoms with Gasteiger partial charge in [0.25, 0.3) is 0 Å². The summed E-state index contributed by atoms with van der Waals surface area (Å²) in [5.74, 6) is -0.299. The lowest BCUT2D eigenvalue weighted by atomic mass is 9.84. The normalized spacial score (nSPS) is 24.8. The second-order valence-corrected chi connectivity index (χ2v) is 11.9. The summed E-state index contributed by atoms with van der Waals surface area (Å²) in [6.07, 6.45) is 0.568. The van der Waals surface area contributed by atoms with Crippen molar-refractivity contribution in [2.24, 2.45) is 0 Å². The van der Waals surface area contributed by atoms with Gasteiger partial charge in [0.05, 0.1) is 13.2 Å². The molecule has 0 aliphatic carbocycles. The summed E-state index contributed by atoms with van der Waals surface area (Å²) >= 11 is 0.